The van der Waals surface area contributed by atoms with Gasteiger partial charge in [0.15, 0.2) is 0 Å². The summed E-state index contributed by atoms with van der Waals surface area (Å²) in [5, 5.41) is 0. The Labute approximate surface area is 256 Å². The van der Waals surface area contributed by atoms with E-state index in [4.69, 9.17) is 0 Å². The van der Waals surface area contributed by atoms with Crippen LogP contribution in [0.15, 0.2) is 97.1 Å². The van der Waals surface area contributed by atoms with E-state index >= 15 is 0 Å². The second kappa shape index (κ2) is 14.9. The predicted molar refractivity (Wildman–Crippen MR) is 182 cm³/mol. The van der Waals surface area contributed by atoms with Gasteiger partial charge in [-0.2, -0.15) is 0 Å². The van der Waals surface area contributed by atoms with Crippen LogP contribution >= 0.6 is 0 Å². The quantitative estimate of drug-likeness (QED) is 0.202. The standard InChI is InChI=1S/2C11H14.2C10H12/c1-9-5-4-7-10-6-2-3-8-11(9)10;1-9-6-7-10-4-2-3-5-11(10)8-9;1-8-6-9-4-2-3-5-10(9)7-8;1-8-6-7-9-4-2-3-5-10(8)9/h2-3,6,8-9H,4-5,7H2,1H3;2-5,9H,6-8H2,1H3;2*2-5,8H,6-7H2,1H3. The molecule has 0 heteroatoms. The zero-order valence-electron chi connectivity index (χ0n) is 26.6. The molecule has 0 aliphatic heterocycles. The largest absolute Gasteiger partial charge is 0.0622 e. The third-order valence-electron chi connectivity index (χ3n) is 9.95. The van der Waals surface area contributed by atoms with Crippen molar-refractivity contribution in [2.45, 2.75) is 104 Å². The molecule has 0 aromatic heterocycles. The van der Waals surface area contributed by atoms with Gasteiger partial charge in [0, 0.05) is 0 Å². The van der Waals surface area contributed by atoms with Gasteiger partial charge >= 0.3 is 0 Å². The molecule has 0 saturated carbocycles. The Bertz CT molecular complexity index is 1390. The predicted octanol–water partition coefficient (Wildman–Crippen LogP) is 11.1. The average Bonchev–Trinajstić information content (AvgIpc) is 3.60. The van der Waals surface area contributed by atoms with E-state index < -0.39 is 0 Å². The molecule has 4 aliphatic carbocycles. The summed E-state index contributed by atoms with van der Waals surface area (Å²) >= 11 is 0. The van der Waals surface area contributed by atoms with E-state index in [1.54, 1.807) is 44.5 Å². The second-order valence-electron chi connectivity index (χ2n) is 13.5. The summed E-state index contributed by atoms with van der Waals surface area (Å²) in [6.45, 7) is 9.31. The van der Waals surface area contributed by atoms with Gasteiger partial charge in [0.25, 0.3) is 0 Å². The zero-order chi connectivity index (χ0) is 29.3. The Morgan fingerprint density at radius 2 is 0.786 bits per heavy atom. The lowest BCUT2D eigenvalue weighted by Crippen LogP contribution is -2.10. The molecule has 0 spiro atoms. The van der Waals surface area contributed by atoms with Crippen LogP contribution in [0.5, 0.6) is 0 Å². The lowest BCUT2D eigenvalue weighted by atomic mass is 9.84. The van der Waals surface area contributed by atoms with E-state index in [1.165, 1.54) is 64.2 Å². The van der Waals surface area contributed by atoms with Crippen LogP contribution in [0.3, 0.4) is 0 Å². The minimum absolute atomic E-state index is 0.792. The Morgan fingerprint density at radius 1 is 0.381 bits per heavy atom. The number of benzene rings is 4. The van der Waals surface area contributed by atoms with Crippen LogP contribution in [0.25, 0.3) is 0 Å². The number of fused-ring (bicyclic) bond motifs is 4. The first-order valence-electron chi connectivity index (χ1n) is 16.8. The van der Waals surface area contributed by atoms with Crippen LogP contribution in [-0.2, 0) is 38.5 Å². The fourth-order valence-electron chi connectivity index (χ4n) is 7.43. The van der Waals surface area contributed by atoms with E-state index in [-0.39, 0.29) is 0 Å². The summed E-state index contributed by atoms with van der Waals surface area (Å²) in [6, 6.07) is 35.2. The van der Waals surface area contributed by atoms with Gasteiger partial charge in [-0.1, -0.05) is 125 Å². The lowest BCUT2D eigenvalue weighted by molar-refractivity contribution is 0.501. The van der Waals surface area contributed by atoms with Gasteiger partial charge in [-0.25, -0.2) is 0 Å². The molecule has 0 nitrogen and oxygen atoms in total. The van der Waals surface area contributed by atoms with Crippen molar-refractivity contribution in [2.24, 2.45) is 11.8 Å². The number of aryl methyl sites for hydroxylation is 3. The molecule has 0 fully saturated rings. The third kappa shape index (κ3) is 8.03. The van der Waals surface area contributed by atoms with Crippen molar-refractivity contribution in [3.05, 3.63) is 142 Å². The maximum atomic E-state index is 2.34. The smallest absolute Gasteiger partial charge is 0.0184 e. The maximum absolute atomic E-state index is 2.34. The van der Waals surface area contributed by atoms with Crippen molar-refractivity contribution in [1.29, 1.82) is 0 Å². The molecule has 0 bridgehead atoms. The van der Waals surface area contributed by atoms with E-state index in [0.29, 0.717) is 0 Å². The van der Waals surface area contributed by atoms with Crippen molar-refractivity contribution < 1.29 is 0 Å². The minimum atomic E-state index is 0.792. The summed E-state index contributed by atoms with van der Waals surface area (Å²) in [4.78, 5) is 0. The molecular weight excluding hydrogens is 504 g/mol. The highest BCUT2D eigenvalue weighted by molar-refractivity contribution is 5.34. The molecule has 4 aliphatic rings. The summed E-state index contributed by atoms with van der Waals surface area (Å²) in [5.74, 6) is 3.36. The first-order chi connectivity index (χ1) is 20.5. The summed E-state index contributed by atoms with van der Waals surface area (Å²) < 4.78 is 0. The van der Waals surface area contributed by atoms with Crippen LogP contribution in [0.2, 0.25) is 0 Å². The Hall–Kier alpha value is -3.12. The van der Waals surface area contributed by atoms with E-state index in [2.05, 4.69) is 125 Å². The third-order valence-corrected chi connectivity index (χ3v) is 9.95. The molecule has 0 heterocycles. The van der Waals surface area contributed by atoms with Gasteiger partial charge in [-0.15, -0.1) is 0 Å². The molecular formula is C42H52. The van der Waals surface area contributed by atoms with Crippen molar-refractivity contribution in [2.75, 3.05) is 0 Å². The van der Waals surface area contributed by atoms with E-state index in [0.717, 1.165) is 23.7 Å². The van der Waals surface area contributed by atoms with Crippen LogP contribution < -0.4 is 0 Å². The molecule has 0 radical (unpaired) electrons. The molecule has 42 heavy (non-hydrogen) atoms. The number of rotatable bonds is 0. The molecule has 220 valence electrons. The average molecular weight is 557 g/mol. The molecule has 0 saturated heterocycles. The van der Waals surface area contributed by atoms with Crippen LogP contribution in [0, 0.1) is 11.8 Å². The van der Waals surface area contributed by atoms with Gasteiger partial charge in [0.2, 0.25) is 0 Å². The Balaban J connectivity index is 0.000000112. The van der Waals surface area contributed by atoms with Crippen LogP contribution in [0.1, 0.15) is 110 Å². The van der Waals surface area contributed by atoms with E-state index in [1.807, 2.05) is 0 Å². The fraction of sp³-hybridized carbons (Fsp3) is 0.429. The summed E-state index contributed by atoms with van der Waals surface area (Å²) in [5.41, 5.74) is 12.6. The van der Waals surface area contributed by atoms with Gasteiger partial charge in [0.1, 0.15) is 0 Å². The summed E-state index contributed by atoms with van der Waals surface area (Å²) in [7, 11) is 0. The van der Waals surface area contributed by atoms with Gasteiger partial charge in [-0.3, -0.25) is 0 Å². The van der Waals surface area contributed by atoms with Gasteiger partial charge in [0.05, 0.1) is 0 Å². The molecule has 0 amide bonds. The van der Waals surface area contributed by atoms with Gasteiger partial charge < -0.3 is 0 Å². The molecule has 0 N–H and O–H groups in total. The molecule has 4 aromatic rings. The van der Waals surface area contributed by atoms with E-state index in [9.17, 15) is 0 Å². The Morgan fingerprint density at radius 3 is 1.33 bits per heavy atom. The summed E-state index contributed by atoms with van der Waals surface area (Å²) in [6.07, 6.45) is 13.2. The van der Waals surface area contributed by atoms with Crippen molar-refractivity contribution in [3.63, 3.8) is 0 Å². The van der Waals surface area contributed by atoms with Crippen molar-refractivity contribution in [1.82, 2.24) is 0 Å². The zero-order valence-corrected chi connectivity index (χ0v) is 26.6. The maximum Gasteiger partial charge on any atom is -0.0184 e. The van der Waals surface area contributed by atoms with Gasteiger partial charge in [-0.05, 0) is 132 Å². The van der Waals surface area contributed by atoms with Crippen LogP contribution in [-0.4, -0.2) is 0 Å². The fourth-order valence-corrected chi connectivity index (χ4v) is 7.43. The second-order valence-corrected chi connectivity index (χ2v) is 13.5. The van der Waals surface area contributed by atoms with Crippen molar-refractivity contribution in [3.8, 4) is 0 Å². The number of hydrogen-bond donors (Lipinski definition) is 0. The topological polar surface area (TPSA) is 0 Å². The minimum Gasteiger partial charge on any atom is -0.0622 e. The highest BCUT2D eigenvalue weighted by Crippen LogP contribution is 2.32. The first kappa shape index (κ1) is 30.3. The molecule has 3 unspecified atom stereocenters. The monoisotopic (exact) mass is 556 g/mol. The Kier molecular flexibility index (Phi) is 10.7. The normalized spacial score (nSPS) is 21.5. The highest BCUT2D eigenvalue weighted by Gasteiger charge is 2.17. The number of hydrogen-bond acceptors (Lipinski definition) is 0. The highest BCUT2D eigenvalue weighted by atomic mass is 14.2. The van der Waals surface area contributed by atoms with Crippen molar-refractivity contribution >= 4 is 0 Å². The molecule has 4 aromatic carbocycles. The first-order valence-corrected chi connectivity index (χ1v) is 16.8. The van der Waals surface area contributed by atoms with Crippen LogP contribution in [0.4, 0.5) is 0 Å². The molecule has 8 rings (SSSR count). The lowest BCUT2D eigenvalue weighted by Gasteiger charge is -2.21. The molecule has 3 atom stereocenters. The SMILES string of the molecule is CC1CCCc2ccccc21.CC1CCc2ccccc21.CC1CCc2ccccc2C1.CC1Cc2ccccc2C1.